The molecule has 37 heavy (non-hydrogen) atoms. The SMILES string of the molecule is CC(=O)c1c(C)c(C(=O)NC(C(=O)N[C@@H]2C(=O)N3[C@@H]2SC(C)(C)[C@@H]3C(=O)[O-])c2ccccc2)n(C)c1C. The van der Waals surface area contributed by atoms with E-state index in [0.29, 0.717) is 22.4 Å². The number of fused-ring (bicyclic) bond motifs is 1. The molecular weight excluding hydrogens is 496 g/mol. The van der Waals surface area contributed by atoms with Gasteiger partial charge in [-0.15, -0.1) is 11.8 Å². The van der Waals surface area contributed by atoms with E-state index in [1.165, 1.54) is 23.6 Å². The standard InChI is InChI=1S/C26H30N4O6S/c1-12-16(14(3)31)13(2)29(6)19(12)22(33)27-17(15-10-8-7-9-11-15)21(32)28-18-23(34)30-20(25(35)36)26(4,5)37-24(18)30/h7-11,17-18,20,24H,1-6H3,(H,27,33)(H,28,32)(H,35,36)/p-1/t17?,18-,20+,24-/m1/s1. The van der Waals surface area contributed by atoms with Crippen molar-refractivity contribution in [3.05, 3.63) is 58.4 Å². The lowest BCUT2D eigenvalue weighted by molar-refractivity contribution is -0.312. The van der Waals surface area contributed by atoms with Crippen molar-refractivity contribution in [1.82, 2.24) is 20.1 Å². The highest BCUT2D eigenvalue weighted by Gasteiger charge is 2.62. The van der Waals surface area contributed by atoms with Crippen molar-refractivity contribution in [2.75, 3.05) is 0 Å². The lowest BCUT2D eigenvalue weighted by Gasteiger charge is -2.45. The van der Waals surface area contributed by atoms with Crippen molar-refractivity contribution in [2.45, 2.75) is 62.9 Å². The zero-order valence-electron chi connectivity index (χ0n) is 21.4. The smallest absolute Gasteiger partial charge is 0.269 e. The van der Waals surface area contributed by atoms with Crippen LogP contribution in [0.15, 0.2) is 30.3 Å². The van der Waals surface area contributed by atoms with E-state index in [0.717, 1.165) is 0 Å². The highest BCUT2D eigenvalue weighted by molar-refractivity contribution is 8.01. The first-order valence-electron chi connectivity index (χ1n) is 11.8. The fourth-order valence-corrected chi connectivity index (χ4v) is 6.95. The molecule has 11 heteroatoms. The average Bonchev–Trinajstić information content (AvgIpc) is 3.22. The number of carbonyl (C=O) groups is 5. The van der Waals surface area contributed by atoms with E-state index in [1.54, 1.807) is 69.6 Å². The summed E-state index contributed by atoms with van der Waals surface area (Å²) in [6.45, 7) is 8.30. The highest BCUT2D eigenvalue weighted by atomic mass is 32.2. The van der Waals surface area contributed by atoms with E-state index in [-0.39, 0.29) is 11.5 Å². The lowest BCUT2D eigenvalue weighted by Crippen LogP contribution is -2.72. The van der Waals surface area contributed by atoms with Crippen LogP contribution in [0.5, 0.6) is 0 Å². The van der Waals surface area contributed by atoms with Crippen molar-refractivity contribution < 1.29 is 29.1 Å². The number of thioether (sulfide) groups is 1. The van der Waals surface area contributed by atoms with Gasteiger partial charge >= 0.3 is 0 Å². The summed E-state index contributed by atoms with van der Waals surface area (Å²) in [7, 11) is 1.68. The van der Waals surface area contributed by atoms with E-state index >= 15 is 0 Å². The third-order valence-electron chi connectivity index (χ3n) is 7.13. The molecule has 0 spiro atoms. The first-order chi connectivity index (χ1) is 17.3. The van der Waals surface area contributed by atoms with Gasteiger partial charge in [-0.1, -0.05) is 30.3 Å². The summed E-state index contributed by atoms with van der Waals surface area (Å²) < 4.78 is 0.827. The summed E-state index contributed by atoms with van der Waals surface area (Å²) in [6.07, 6.45) is 0. The summed E-state index contributed by atoms with van der Waals surface area (Å²) in [5, 5.41) is 16.6. The molecule has 3 heterocycles. The Bertz CT molecular complexity index is 1320. The number of carbonyl (C=O) groups excluding carboxylic acids is 5. The molecule has 2 saturated heterocycles. The van der Waals surface area contributed by atoms with Crippen molar-refractivity contribution in [3.8, 4) is 0 Å². The zero-order chi connectivity index (χ0) is 27.4. The van der Waals surface area contributed by atoms with E-state index in [1.807, 2.05) is 0 Å². The van der Waals surface area contributed by atoms with E-state index in [2.05, 4.69) is 10.6 Å². The Morgan fingerprint density at radius 1 is 1.11 bits per heavy atom. The molecule has 10 nitrogen and oxygen atoms in total. The molecule has 2 aliphatic rings. The highest BCUT2D eigenvalue weighted by Crippen LogP contribution is 2.50. The minimum Gasteiger partial charge on any atom is -0.548 e. The molecule has 0 bridgehead atoms. The number of hydrogen-bond donors (Lipinski definition) is 2. The van der Waals surface area contributed by atoms with Gasteiger partial charge in [-0.25, -0.2) is 0 Å². The number of carboxylic acid groups (broad SMARTS) is 1. The largest absolute Gasteiger partial charge is 0.548 e. The van der Waals surface area contributed by atoms with Gasteiger partial charge in [0.15, 0.2) is 5.78 Å². The molecule has 0 aliphatic carbocycles. The maximum absolute atomic E-state index is 13.5. The fraction of sp³-hybridized carbons (Fsp3) is 0.423. The minimum atomic E-state index is -1.34. The molecule has 2 N–H and O–H groups in total. The van der Waals surface area contributed by atoms with E-state index < -0.39 is 51.9 Å². The number of nitrogens with one attached hydrogen (secondary N) is 2. The van der Waals surface area contributed by atoms with Crippen LogP contribution in [0.25, 0.3) is 0 Å². The van der Waals surface area contributed by atoms with Crippen molar-refractivity contribution in [1.29, 1.82) is 0 Å². The number of benzene rings is 1. The molecule has 0 radical (unpaired) electrons. The van der Waals surface area contributed by atoms with Gasteiger partial charge in [-0.3, -0.25) is 19.2 Å². The molecular formula is C26H29N4O6S-. The van der Waals surface area contributed by atoms with Gasteiger partial charge in [0.05, 0.1) is 12.0 Å². The monoisotopic (exact) mass is 525 g/mol. The number of amides is 3. The predicted octanol–water partition coefficient (Wildman–Crippen LogP) is 0.613. The van der Waals surface area contributed by atoms with Gasteiger partial charge in [-0.05, 0) is 45.7 Å². The Balaban J connectivity index is 1.60. The first-order valence-corrected chi connectivity index (χ1v) is 12.7. The second-order valence-electron chi connectivity index (χ2n) is 9.93. The molecule has 0 saturated carbocycles. The van der Waals surface area contributed by atoms with Gasteiger partial charge in [0.25, 0.3) is 5.91 Å². The summed E-state index contributed by atoms with van der Waals surface area (Å²) in [6, 6.07) is 5.41. The number of carboxylic acids is 1. The molecule has 4 rings (SSSR count). The number of hydrogen-bond acceptors (Lipinski definition) is 7. The summed E-state index contributed by atoms with van der Waals surface area (Å²) >= 11 is 1.28. The summed E-state index contributed by atoms with van der Waals surface area (Å²) in [5.74, 6) is -3.17. The number of rotatable bonds is 7. The molecule has 1 unspecified atom stereocenters. The Morgan fingerprint density at radius 3 is 2.27 bits per heavy atom. The quantitative estimate of drug-likeness (QED) is 0.399. The van der Waals surface area contributed by atoms with Crippen LogP contribution in [0.1, 0.15) is 64.5 Å². The van der Waals surface area contributed by atoms with Crippen LogP contribution in [0.3, 0.4) is 0 Å². The normalized spacial score (nSPS) is 22.6. The van der Waals surface area contributed by atoms with Gasteiger partial charge < -0.3 is 30.0 Å². The summed E-state index contributed by atoms with van der Waals surface area (Å²) in [4.78, 5) is 64.8. The number of aliphatic carboxylic acids is 1. The van der Waals surface area contributed by atoms with Crippen LogP contribution in [-0.2, 0) is 21.4 Å². The Labute approximate surface area is 218 Å². The van der Waals surface area contributed by atoms with Crippen LogP contribution < -0.4 is 15.7 Å². The number of aromatic nitrogens is 1. The molecule has 2 fully saturated rings. The topological polar surface area (TPSA) is 141 Å². The minimum absolute atomic E-state index is 0.165. The first kappa shape index (κ1) is 26.5. The van der Waals surface area contributed by atoms with Crippen molar-refractivity contribution >= 4 is 41.2 Å². The fourth-order valence-electron chi connectivity index (χ4n) is 5.33. The third-order valence-corrected chi connectivity index (χ3v) is 8.70. The molecule has 196 valence electrons. The lowest BCUT2D eigenvalue weighted by atomic mass is 9.95. The Hall–Kier alpha value is -3.60. The van der Waals surface area contributed by atoms with Crippen LogP contribution >= 0.6 is 11.8 Å². The maximum Gasteiger partial charge on any atom is 0.269 e. The molecule has 1 aromatic heterocycles. The van der Waals surface area contributed by atoms with Crippen LogP contribution in [-0.4, -0.2) is 61.1 Å². The summed E-state index contributed by atoms with van der Waals surface area (Å²) in [5.41, 5.74) is 2.36. The predicted molar refractivity (Wildman–Crippen MR) is 135 cm³/mol. The van der Waals surface area contributed by atoms with Crippen molar-refractivity contribution in [2.24, 2.45) is 7.05 Å². The number of nitrogens with zero attached hydrogens (tertiary/aromatic N) is 2. The molecule has 3 amide bonds. The van der Waals surface area contributed by atoms with Crippen LogP contribution in [0, 0.1) is 13.8 Å². The molecule has 2 aliphatic heterocycles. The maximum atomic E-state index is 13.5. The van der Waals surface area contributed by atoms with Gasteiger partial charge in [0.1, 0.15) is 23.2 Å². The number of β-lactam (4-membered cyclic amide) rings is 1. The van der Waals surface area contributed by atoms with Gasteiger partial charge in [0.2, 0.25) is 11.8 Å². The Kier molecular flexibility index (Phi) is 6.70. The molecule has 4 atom stereocenters. The van der Waals surface area contributed by atoms with E-state index in [9.17, 15) is 29.1 Å². The average molecular weight is 526 g/mol. The third kappa shape index (κ3) is 4.30. The van der Waals surface area contributed by atoms with Gasteiger partial charge in [0, 0.05) is 23.1 Å². The van der Waals surface area contributed by atoms with Crippen molar-refractivity contribution in [3.63, 3.8) is 0 Å². The second kappa shape index (κ2) is 9.37. The van der Waals surface area contributed by atoms with Gasteiger partial charge in [-0.2, -0.15) is 0 Å². The second-order valence-corrected chi connectivity index (χ2v) is 11.7. The van der Waals surface area contributed by atoms with Crippen LogP contribution in [0.2, 0.25) is 0 Å². The zero-order valence-corrected chi connectivity index (χ0v) is 22.3. The number of ketones is 1. The van der Waals surface area contributed by atoms with E-state index in [4.69, 9.17) is 0 Å². The number of Topliss-reactive ketones (excluding diaryl/α,β-unsaturated/α-hetero) is 1. The van der Waals surface area contributed by atoms with Crippen LogP contribution in [0.4, 0.5) is 0 Å². The Morgan fingerprint density at radius 2 is 1.73 bits per heavy atom. The molecule has 2 aromatic rings. The molecule has 1 aromatic carbocycles.